The molecule has 0 aliphatic rings. The molecule has 0 aliphatic carbocycles. The average Bonchev–Trinajstić information content (AvgIpc) is 2.67. The first kappa shape index (κ1) is 11.1. The Morgan fingerprint density at radius 3 is 2.59 bits per heavy atom. The van der Waals surface area contributed by atoms with E-state index in [2.05, 4.69) is 5.10 Å². The monoisotopic (exact) mass is 232 g/mol. The second-order valence-corrected chi connectivity index (χ2v) is 3.87. The summed E-state index contributed by atoms with van der Waals surface area (Å²) in [7, 11) is 0. The third-order valence-corrected chi connectivity index (χ3v) is 2.57. The van der Waals surface area contributed by atoms with Gasteiger partial charge in [0.1, 0.15) is 5.82 Å². The Bertz CT molecular complexity index is 589. The Labute approximate surface area is 97.8 Å². The molecule has 6 nitrogen and oxygen atoms in total. The van der Waals surface area contributed by atoms with Crippen molar-refractivity contribution in [2.24, 2.45) is 0 Å². The third kappa shape index (κ3) is 1.96. The molecule has 0 saturated heterocycles. The maximum absolute atomic E-state index is 10.8. The SMILES string of the molecule is Cc1cc([N+](=O)[O-])c(C)cc1-n1ccc(N)n1. The summed E-state index contributed by atoms with van der Waals surface area (Å²) in [5.74, 6) is 0.417. The number of hydrogen-bond acceptors (Lipinski definition) is 4. The highest BCUT2D eigenvalue weighted by molar-refractivity contribution is 5.53. The van der Waals surface area contributed by atoms with Crippen molar-refractivity contribution in [1.29, 1.82) is 0 Å². The molecule has 2 aromatic rings. The zero-order valence-corrected chi connectivity index (χ0v) is 9.54. The van der Waals surface area contributed by atoms with E-state index in [4.69, 9.17) is 5.73 Å². The van der Waals surface area contributed by atoms with Crippen LogP contribution in [0, 0.1) is 24.0 Å². The smallest absolute Gasteiger partial charge is 0.272 e. The minimum absolute atomic E-state index is 0.117. The van der Waals surface area contributed by atoms with Gasteiger partial charge in [-0.3, -0.25) is 10.1 Å². The number of nitrogen functional groups attached to an aromatic ring is 1. The quantitative estimate of drug-likeness (QED) is 0.633. The number of aryl methyl sites for hydroxylation is 2. The molecule has 1 heterocycles. The zero-order chi connectivity index (χ0) is 12.6. The van der Waals surface area contributed by atoms with Gasteiger partial charge in [0.15, 0.2) is 0 Å². The van der Waals surface area contributed by atoms with Crippen molar-refractivity contribution < 1.29 is 4.92 Å². The first-order chi connectivity index (χ1) is 7.99. The van der Waals surface area contributed by atoms with E-state index in [0.29, 0.717) is 11.4 Å². The van der Waals surface area contributed by atoms with Crippen molar-refractivity contribution >= 4 is 11.5 Å². The van der Waals surface area contributed by atoms with Crippen LogP contribution in [0.1, 0.15) is 11.1 Å². The lowest BCUT2D eigenvalue weighted by molar-refractivity contribution is -0.385. The lowest BCUT2D eigenvalue weighted by Crippen LogP contribution is -2.01. The van der Waals surface area contributed by atoms with Crippen LogP contribution in [-0.2, 0) is 0 Å². The Morgan fingerprint density at radius 2 is 2.06 bits per heavy atom. The van der Waals surface area contributed by atoms with Crippen molar-refractivity contribution in [3.63, 3.8) is 0 Å². The molecule has 1 aromatic carbocycles. The first-order valence-electron chi connectivity index (χ1n) is 5.06. The molecule has 0 amide bonds. The number of nitrogens with zero attached hydrogens (tertiary/aromatic N) is 3. The van der Waals surface area contributed by atoms with Crippen molar-refractivity contribution in [2.45, 2.75) is 13.8 Å². The number of nitro groups is 1. The Hall–Kier alpha value is -2.37. The van der Waals surface area contributed by atoms with Gasteiger partial charge in [0.05, 0.1) is 10.6 Å². The fraction of sp³-hybridized carbons (Fsp3) is 0.182. The van der Waals surface area contributed by atoms with Crippen LogP contribution in [0.4, 0.5) is 11.5 Å². The molecule has 0 atom stereocenters. The minimum Gasteiger partial charge on any atom is -0.382 e. The van der Waals surface area contributed by atoms with E-state index in [-0.39, 0.29) is 10.6 Å². The van der Waals surface area contributed by atoms with E-state index in [1.54, 1.807) is 42.9 Å². The molecule has 0 aliphatic heterocycles. The maximum Gasteiger partial charge on any atom is 0.272 e. The highest BCUT2D eigenvalue weighted by Crippen LogP contribution is 2.24. The summed E-state index contributed by atoms with van der Waals surface area (Å²) in [6.07, 6.45) is 1.73. The van der Waals surface area contributed by atoms with Gasteiger partial charge in [-0.25, -0.2) is 4.68 Å². The Kier molecular flexibility index (Phi) is 2.55. The molecule has 0 spiro atoms. The summed E-state index contributed by atoms with van der Waals surface area (Å²) in [5, 5.41) is 14.9. The first-order valence-corrected chi connectivity index (χ1v) is 5.06. The highest BCUT2D eigenvalue weighted by atomic mass is 16.6. The molecule has 88 valence electrons. The van der Waals surface area contributed by atoms with Crippen LogP contribution in [-0.4, -0.2) is 14.7 Å². The van der Waals surface area contributed by atoms with Crippen molar-refractivity contribution in [2.75, 3.05) is 5.73 Å². The normalized spacial score (nSPS) is 10.5. The van der Waals surface area contributed by atoms with Gasteiger partial charge in [-0.15, -0.1) is 0 Å². The van der Waals surface area contributed by atoms with Gasteiger partial charge in [-0.05, 0) is 25.5 Å². The number of nitro benzene ring substituents is 1. The van der Waals surface area contributed by atoms with E-state index in [1.807, 2.05) is 0 Å². The molecule has 17 heavy (non-hydrogen) atoms. The standard InChI is InChI=1S/C11H12N4O2/c1-7-6-10(15(16)17)8(2)5-9(7)14-4-3-11(12)13-14/h3-6H,1-2H3,(H2,12,13). The molecule has 0 unspecified atom stereocenters. The number of benzene rings is 1. The molecule has 6 heteroatoms. The second-order valence-electron chi connectivity index (χ2n) is 3.87. The summed E-state index contributed by atoms with van der Waals surface area (Å²) >= 11 is 0. The van der Waals surface area contributed by atoms with E-state index < -0.39 is 0 Å². The van der Waals surface area contributed by atoms with E-state index >= 15 is 0 Å². The van der Waals surface area contributed by atoms with Gasteiger partial charge in [0, 0.05) is 23.9 Å². The number of aromatic nitrogens is 2. The van der Waals surface area contributed by atoms with E-state index in [9.17, 15) is 10.1 Å². The summed E-state index contributed by atoms with van der Waals surface area (Å²) in [4.78, 5) is 10.4. The van der Waals surface area contributed by atoms with Crippen LogP contribution in [0.2, 0.25) is 0 Å². The molecule has 2 N–H and O–H groups in total. The van der Waals surface area contributed by atoms with Crippen LogP contribution < -0.4 is 5.73 Å². The van der Waals surface area contributed by atoms with Crippen LogP contribution in [0.15, 0.2) is 24.4 Å². The molecule has 0 saturated carbocycles. The molecular formula is C11H12N4O2. The lowest BCUT2D eigenvalue weighted by atomic mass is 10.1. The topological polar surface area (TPSA) is 87.0 Å². The van der Waals surface area contributed by atoms with E-state index in [1.165, 1.54) is 0 Å². The summed E-state index contributed by atoms with van der Waals surface area (Å²) in [6, 6.07) is 4.96. The van der Waals surface area contributed by atoms with Gasteiger partial charge in [-0.2, -0.15) is 5.10 Å². The summed E-state index contributed by atoms with van der Waals surface area (Å²) < 4.78 is 1.61. The Balaban J connectivity index is 2.57. The molecular weight excluding hydrogens is 220 g/mol. The number of nitrogens with two attached hydrogens (primary N) is 1. The van der Waals surface area contributed by atoms with Gasteiger partial charge >= 0.3 is 0 Å². The fourth-order valence-corrected chi connectivity index (χ4v) is 1.70. The molecule has 0 radical (unpaired) electrons. The molecule has 0 fully saturated rings. The molecule has 0 bridgehead atoms. The van der Waals surface area contributed by atoms with Crippen LogP contribution in [0.5, 0.6) is 0 Å². The molecule has 2 rings (SSSR count). The van der Waals surface area contributed by atoms with Crippen LogP contribution in [0.25, 0.3) is 5.69 Å². The predicted molar refractivity (Wildman–Crippen MR) is 64.1 cm³/mol. The highest BCUT2D eigenvalue weighted by Gasteiger charge is 2.14. The van der Waals surface area contributed by atoms with Crippen molar-refractivity contribution in [1.82, 2.24) is 9.78 Å². The van der Waals surface area contributed by atoms with Crippen LogP contribution >= 0.6 is 0 Å². The second kappa shape index (κ2) is 3.89. The van der Waals surface area contributed by atoms with Gasteiger partial charge in [0.2, 0.25) is 0 Å². The Morgan fingerprint density at radius 1 is 1.35 bits per heavy atom. The summed E-state index contributed by atoms with van der Waals surface area (Å²) in [5.41, 5.74) is 7.84. The molecule has 1 aromatic heterocycles. The summed E-state index contributed by atoms with van der Waals surface area (Å²) in [6.45, 7) is 3.51. The predicted octanol–water partition coefficient (Wildman–Crippen LogP) is 1.98. The minimum atomic E-state index is -0.385. The van der Waals surface area contributed by atoms with Crippen LogP contribution in [0.3, 0.4) is 0 Å². The fourth-order valence-electron chi connectivity index (χ4n) is 1.70. The zero-order valence-electron chi connectivity index (χ0n) is 9.54. The average molecular weight is 232 g/mol. The number of hydrogen-bond donors (Lipinski definition) is 1. The van der Waals surface area contributed by atoms with Crippen molar-refractivity contribution in [3.8, 4) is 5.69 Å². The number of rotatable bonds is 2. The maximum atomic E-state index is 10.8. The largest absolute Gasteiger partial charge is 0.382 e. The van der Waals surface area contributed by atoms with Crippen molar-refractivity contribution in [3.05, 3.63) is 45.6 Å². The van der Waals surface area contributed by atoms with Gasteiger partial charge < -0.3 is 5.73 Å². The van der Waals surface area contributed by atoms with Gasteiger partial charge in [0.25, 0.3) is 5.69 Å². The number of anilines is 1. The van der Waals surface area contributed by atoms with E-state index in [0.717, 1.165) is 11.3 Å². The lowest BCUT2D eigenvalue weighted by Gasteiger charge is -2.07. The third-order valence-electron chi connectivity index (χ3n) is 2.57. The van der Waals surface area contributed by atoms with Gasteiger partial charge in [-0.1, -0.05) is 0 Å².